The molecule has 1 aliphatic carbocycles. The van der Waals surface area contributed by atoms with Crippen molar-refractivity contribution in [1.82, 2.24) is 19.4 Å². The Morgan fingerprint density at radius 2 is 1.82 bits per heavy atom. The van der Waals surface area contributed by atoms with Gasteiger partial charge in [0.05, 0.1) is 36.5 Å². The third-order valence-corrected chi connectivity index (χ3v) is 7.01. The molecule has 10 heteroatoms. The van der Waals surface area contributed by atoms with Crippen LogP contribution in [0.3, 0.4) is 0 Å². The van der Waals surface area contributed by atoms with E-state index in [9.17, 15) is 14.7 Å². The zero-order valence-electron chi connectivity index (χ0n) is 18.5. The molecular weight excluding hydrogens is 428 g/mol. The zero-order chi connectivity index (χ0) is 23.4. The van der Waals surface area contributed by atoms with Gasteiger partial charge in [-0.1, -0.05) is 12.1 Å². The Balaban J connectivity index is 0.000000821. The maximum atomic E-state index is 13.0. The van der Waals surface area contributed by atoms with Gasteiger partial charge in [0.25, 0.3) is 12.0 Å². The molecule has 10 nitrogen and oxygen atoms in total. The number of morpholine rings is 1. The Morgan fingerprint density at radius 3 is 2.55 bits per heavy atom. The predicted molar refractivity (Wildman–Crippen MR) is 120 cm³/mol. The highest BCUT2D eigenvalue weighted by molar-refractivity contribution is 5.79. The highest BCUT2D eigenvalue weighted by Gasteiger charge is 2.44. The number of ether oxygens (including phenoxy) is 1. The molecule has 1 amide bonds. The number of carbonyl (C=O) groups excluding carboxylic acids is 1. The third kappa shape index (κ3) is 5.07. The second kappa shape index (κ2) is 10.4. The van der Waals surface area contributed by atoms with Crippen molar-refractivity contribution in [3.63, 3.8) is 0 Å². The van der Waals surface area contributed by atoms with Crippen molar-refractivity contribution in [2.75, 3.05) is 39.4 Å². The average Bonchev–Trinajstić information content (AvgIpc) is 3.24. The first-order chi connectivity index (χ1) is 16.0. The molecule has 33 heavy (non-hydrogen) atoms. The van der Waals surface area contributed by atoms with E-state index in [1.54, 1.807) is 18.2 Å². The topological polar surface area (TPSA) is 125 Å². The summed E-state index contributed by atoms with van der Waals surface area (Å²) in [7, 11) is 0. The summed E-state index contributed by atoms with van der Waals surface area (Å²) in [6.45, 7) is 4.27. The average molecular weight is 459 g/mol. The van der Waals surface area contributed by atoms with Crippen LogP contribution in [0.2, 0.25) is 0 Å². The molecule has 178 valence electrons. The second-order valence-electron chi connectivity index (χ2n) is 8.87. The van der Waals surface area contributed by atoms with Crippen molar-refractivity contribution >= 4 is 23.3 Å². The van der Waals surface area contributed by atoms with E-state index in [0.29, 0.717) is 35.8 Å². The van der Waals surface area contributed by atoms with Crippen LogP contribution in [0.5, 0.6) is 0 Å². The van der Waals surface area contributed by atoms with Crippen LogP contribution in [0.15, 0.2) is 35.4 Å². The van der Waals surface area contributed by atoms with Crippen molar-refractivity contribution in [3.05, 3.63) is 40.9 Å². The van der Waals surface area contributed by atoms with Crippen molar-refractivity contribution < 1.29 is 24.5 Å². The Morgan fingerprint density at radius 1 is 1.15 bits per heavy atom. The molecule has 4 atom stereocenters. The Kier molecular flexibility index (Phi) is 7.36. The van der Waals surface area contributed by atoms with Gasteiger partial charge in [0, 0.05) is 32.2 Å². The molecule has 2 N–H and O–H groups in total. The number of likely N-dealkylation sites (tertiary alicyclic amines) is 1. The summed E-state index contributed by atoms with van der Waals surface area (Å²) in [5.41, 5.74) is 0.454. The van der Waals surface area contributed by atoms with Gasteiger partial charge in [-0.15, -0.1) is 0 Å². The zero-order valence-corrected chi connectivity index (χ0v) is 18.5. The van der Waals surface area contributed by atoms with E-state index in [1.165, 1.54) is 10.9 Å². The van der Waals surface area contributed by atoms with Crippen molar-refractivity contribution in [3.8, 4) is 0 Å². The Labute approximate surface area is 191 Å². The molecule has 0 spiro atoms. The van der Waals surface area contributed by atoms with Gasteiger partial charge in [0.1, 0.15) is 6.54 Å². The minimum atomic E-state index is -0.355. The number of benzene rings is 1. The first kappa shape index (κ1) is 23.3. The second-order valence-corrected chi connectivity index (χ2v) is 8.87. The fourth-order valence-electron chi connectivity index (χ4n) is 5.38. The molecule has 0 radical (unpaired) electrons. The highest BCUT2D eigenvalue weighted by atomic mass is 16.5. The van der Waals surface area contributed by atoms with E-state index < -0.39 is 0 Å². The minimum absolute atomic E-state index is 0.00551. The number of fused-ring (bicyclic) bond motifs is 2. The quantitative estimate of drug-likeness (QED) is 0.617. The number of hydrogen-bond acceptors (Lipinski definition) is 7. The number of aliphatic hydroxyl groups excluding tert-OH is 1. The summed E-state index contributed by atoms with van der Waals surface area (Å²) in [6.07, 6.45) is 2.75. The Hall–Kier alpha value is -2.82. The summed E-state index contributed by atoms with van der Waals surface area (Å²) in [4.78, 5) is 42.5. The monoisotopic (exact) mass is 458 g/mol. The van der Waals surface area contributed by atoms with Gasteiger partial charge in [-0.25, -0.2) is 4.98 Å². The van der Waals surface area contributed by atoms with Gasteiger partial charge in [-0.05, 0) is 36.8 Å². The molecule has 3 fully saturated rings. The molecule has 1 aromatic heterocycles. The number of para-hydroxylation sites is 1. The normalized spacial score (nSPS) is 27.5. The van der Waals surface area contributed by atoms with Crippen LogP contribution >= 0.6 is 0 Å². The standard InChI is InChI=1S/C22H28N4O4.CH2O2/c27-20-10-16-12-25(11-15(16)9-19(20)24-5-7-30-8-6-24)21(28)13-26-14-23-18-4-2-1-3-17(18)22(26)29;2-1-3/h1-4,14-16,19-20,27H,5-13H2;1H,(H,2,3)/t15-,16+,19-,20-;/m1./s1. The van der Waals surface area contributed by atoms with Crippen molar-refractivity contribution in [1.29, 1.82) is 0 Å². The Bertz CT molecular complexity index is 1040. The molecule has 3 heterocycles. The van der Waals surface area contributed by atoms with E-state index >= 15 is 0 Å². The molecule has 2 aliphatic heterocycles. The number of carbonyl (C=O) groups is 2. The van der Waals surface area contributed by atoms with Gasteiger partial charge in [0.15, 0.2) is 0 Å². The summed E-state index contributed by atoms with van der Waals surface area (Å²) in [5, 5.41) is 18.1. The highest BCUT2D eigenvalue weighted by Crippen LogP contribution is 2.38. The molecule has 1 saturated carbocycles. The van der Waals surface area contributed by atoms with E-state index in [1.807, 2.05) is 11.0 Å². The summed E-state index contributed by atoms with van der Waals surface area (Å²) >= 11 is 0. The molecule has 2 saturated heterocycles. The first-order valence-corrected chi connectivity index (χ1v) is 11.3. The number of rotatable bonds is 3. The van der Waals surface area contributed by atoms with Crippen molar-refractivity contribution in [2.45, 2.75) is 31.5 Å². The van der Waals surface area contributed by atoms with Crippen LogP contribution in [-0.4, -0.2) is 93.5 Å². The number of amides is 1. The van der Waals surface area contributed by atoms with Crippen LogP contribution in [0.25, 0.3) is 10.9 Å². The lowest BCUT2D eigenvalue weighted by Crippen LogP contribution is -2.53. The number of carboxylic acid groups (broad SMARTS) is 1. The fourth-order valence-corrected chi connectivity index (χ4v) is 5.38. The molecule has 0 unspecified atom stereocenters. The lowest BCUT2D eigenvalue weighted by Gasteiger charge is -2.43. The lowest BCUT2D eigenvalue weighted by atomic mass is 9.77. The van der Waals surface area contributed by atoms with Gasteiger partial charge >= 0.3 is 0 Å². The van der Waals surface area contributed by atoms with E-state index in [-0.39, 0.29) is 36.6 Å². The molecule has 3 aliphatic rings. The summed E-state index contributed by atoms with van der Waals surface area (Å²) in [5.74, 6) is 0.672. The van der Waals surface area contributed by atoms with Crippen LogP contribution in [0.1, 0.15) is 12.8 Å². The van der Waals surface area contributed by atoms with Crippen LogP contribution in [0.4, 0.5) is 0 Å². The number of hydrogen-bond donors (Lipinski definition) is 2. The van der Waals surface area contributed by atoms with Crippen LogP contribution in [-0.2, 0) is 20.9 Å². The number of aliphatic hydroxyl groups is 1. The van der Waals surface area contributed by atoms with Crippen molar-refractivity contribution in [2.24, 2.45) is 11.8 Å². The van der Waals surface area contributed by atoms with Crippen LogP contribution < -0.4 is 5.56 Å². The van der Waals surface area contributed by atoms with Crippen LogP contribution in [0, 0.1) is 11.8 Å². The van der Waals surface area contributed by atoms with Gasteiger partial charge in [-0.2, -0.15) is 0 Å². The lowest BCUT2D eigenvalue weighted by molar-refractivity contribution is -0.131. The summed E-state index contributed by atoms with van der Waals surface area (Å²) < 4.78 is 6.85. The number of nitrogens with zero attached hydrogens (tertiary/aromatic N) is 4. The molecule has 1 aromatic carbocycles. The van der Waals surface area contributed by atoms with E-state index in [2.05, 4.69) is 9.88 Å². The fraction of sp³-hybridized carbons (Fsp3) is 0.565. The maximum absolute atomic E-state index is 13.0. The van der Waals surface area contributed by atoms with E-state index in [0.717, 1.165) is 39.1 Å². The van der Waals surface area contributed by atoms with Gasteiger partial charge in [-0.3, -0.25) is 23.9 Å². The molecule has 2 aromatic rings. The molecular formula is C23H30N4O6. The maximum Gasteiger partial charge on any atom is 0.290 e. The smallest absolute Gasteiger partial charge is 0.290 e. The summed E-state index contributed by atoms with van der Waals surface area (Å²) in [6, 6.07) is 7.33. The third-order valence-electron chi connectivity index (χ3n) is 7.01. The molecule has 0 bridgehead atoms. The number of aromatic nitrogens is 2. The largest absolute Gasteiger partial charge is 0.483 e. The SMILES string of the molecule is O=C(Cn1cnc2ccccc2c1=O)N1C[C@H]2C[C@@H](N3CCOCC3)[C@H](O)C[C@H]2C1.O=CO. The predicted octanol–water partition coefficient (Wildman–Crippen LogP) is 0.0274. The minimum Gasteiger partial charge on any atom is -0.483 e. The first-order valence-electron chi connectivity index (χ1n) is 11.3. The van der Waals surface area contributed by atoms with Gasteiger partial charge in [0.2, 0.25) is 5.91 Å². The van der Waals surface area contributed by atoms with E-state index in [4.69, 9.17) is 14.6 Å². The van der Waals surface area contributed by atoms with Gasteiger partial charge < -0.3 is 19.8 Å². The molecule has 5 rings (SSSR count).